The van der Waals surface area contributed by atoms with Gasteiger partial charge in [-0.05, 0) is 22.6 Å². The molecular formula is C8H7IN2O4. The van der Waals surface area contributed by atoms with Crippen LogP contribution in [0.3, 0.4) is 0 Å². The Balaban J connectivity index is 3.45. The summed E-state index contributed by atoms with van der Waals surface area (Å²) in [5.74, 6) is -0.498. The maximum atomic E-state index is 11.0. The molecule has 1 rings (SSSR count). The van der Waals surface area contributed by atoms with Crippen LogP contribution < -0.4 is 10.5 Å². The third-order valence-electron chi connectivity index (χ3n) is 1.71. The zero-order valence-electron chi connectivity index (χ0n) is 7.69. The second-order valence-electron chi connectivity index (χ2n) is 2.63. The van der Waals surface area contributed by atoms with E-state index in [9.17, 15) is 14.9 Å². The monoisotopic (exact) mass is 322 g/mol. The van der Waals surface area contributed by atoms with Crippen LogP contribution in [0.2, 0.25) is 0 Å². The number of amides is 1. The summed E-state index contributed by atoms with van der Waals surface area (Å²) in [7, 11) is 1.37. The maximum absolute atomic E-state index is 11.0. The van der Waals surface area contributed by atoms with E-state index in [-0.39, 0.29) is 17.0 Å². The molecule has 0 aliphatic heterocycles. The quantitative estimate of drug-likeness (QED) is 0.515. The molecule has 80 valence electrons. The number of ether oxygens (including phenoxy) is 1. The number of nitro groups is 1. The molecule has 0 bridgehead atoms. The van der Waals surface area contributed by atoms with Crippen LogP contribution in [0, 0.1) is 13.7 Å². The lowest BCUT2D eigenvalue weighted by molar-refractivity contribution is -0.385. The molecule has 2 N–H and O–H groups in total. The van der Waals surface area contributed by atoms with Crippen molar-refractivity contribution in [1.82, 2.24) is 0 Å². The number of primary amides is 1. The molecule has 0 heterocycles. The Kier molecular flexibility index (Phi) is 3.45. The number of carbonyl (C=O) groups is 1. The lowest BCUT2D eigenvalue weighted by Gasteiger charge is -2.07. The van der Waals surface area contributed by atoms with Gasteiger partial charge in [0.2, 0.25) is 0 Å². The highest BCUT2D eigenvalue weighted by atomic mass is 127. The van der Waals surface area contributed by atoms with Gasteiger partial charge in [-0.2, -0.15) is 0 Å². The van der Waals surface area contributed by atoms with E-state index in [1.54, 1.807) is 0 Å². The minimum absolute atomic E-state index is 0.0103. The first-order valence-corrected chi connectivity index (χ1v) is 4.87. The molecule has 0 spiro atoms. The molecule has 15 heavy (non-hydrogen) atoms. The molecule has 0 aromatic heterocycles. The highest BCUT2D eigenvalue weighted by molar-refractivity contribution is 14.1. The third kappa shape index (κ3) is 2.35. The van der Waals surface area contributed by atoms with Crippen LogP contribution >= 0.6 is 22.6 Å². The number of benzene rings is 1. The second-order valence-corrected chi connectivity index (χ2v) is 3.79. The fourth-order valence-electron chi connectivity index (χ4n) is 1.08. The van der Waals surface area contributed by atoms with E-state index in [1.165, 1.54) is 13.2 Å². The van der Waals surface area contributed by atoms with Crippen molar-refractivity contribution < 1.29 is 14.5 Å². The third-order valence-corrected chi connectivity index (χ3v) is 2.51. The number of methoxy groups -OCH3 is 1. The van der Waals surface area contributed by atoms with Gasteiger partial charge in [0, 0.05) is 12.1 Å². The van der Waals surface area contributed by atoms with Gasteiger partial charge in [0.05, 0.1) is 21.2 Å². The Bertz CT molecular complexity index is 433. The normalized spacial score (nSPS) is 9.73. The molecule has 0 saturated carbocycles. The number of rotatable bonds is 3. The summed E-state index contributed by atoms with van der Waals surface area (Å²) in [5.41, 5.74) is 4.91. The standard InChI is InChI=1S/C8H7IN2O4/c1-15-7-5(8(10)12)2-4(11(13)14)3-6(7)9/h2-3H,1H3,(H2,10,12). The average molecular weight is 322 g/mol. The molecule has 0 fully saturated rings. The van der Waals surface area contributed by atoms with Gasteiger partial charge >= 0.3 is 0 Å². The molecular weight excluding hydrogens is 315 g/mol. The molecule has 0 radical (unpaired) electrons. The predicted octanol–water partition coefficient (Wildman–Crippen LogP) is 1.31. The minimum atomic E-state index is -0.756. The number of carbonyl (C=O) groups excluding carboxylic acids is 1. The first-order valence-electron chi connectivity index (χ1n) is 3.79. The summed E-state index contributed by atoms with van der Waals surface area (Å²) in [4.78, 5) is 21.0. The van der Waals surface area contributed by atoms with E-state index < -0.39 is 10.8 Å². The van der Waals surface area contributed by atoms with Crippen LogP contribution in [0.15, 0.2) is 12.1 Å². The van der Waals surface area contributed by atoms with Crippen molar-refractivity contribution in [3.8, 4) is 5.75 Å². The maximum Gasteiger partial charge on any atom is 0.271 e. The van der Waals surface area contributed by atoms with Gasteiger partial charge in [-0.1, -0.05) is 0 Å². The van der Waals surface area contributed by atoms with Crippen molar-refractivity contribution in [3.05, 3.63) is 31.4 Å². The number of hydrogen-bond acceptors (Lipinski definition) is 4. The highest BCUT2D eigenvalue weighted by Gasteiger charge is 2.18. The van der Waals surface area contributed by atoms with Gasteiger partial charge in [0.15, 0.2) is 0 Å². The molecule has 0 saturated heterocycles. The smallest absolute Gasteiger partial charge is 0.271 e. The molecule has 0 aliphatic rings. The molecule has 1 aromatic rings. The molecule has 0 unspecified atom stereocenters. The van der Waals surface area contributed by atoms with Crippen LogP contribution in [-0.4, -0.2) is 17.9 Å². The van der Waals surface area contributed by atoms with E-state index in [2.05, 4.69) is 0 Å². The molecule has 1 amide bonds. The summed E-state index contributed by atoms with van der Waals surface area (Å²) < 4.78 is 5.41. The molecule has 7 heteroatoms. The van der Waals surface area contributed by atoms with E-state index in [4.69, 9.17) is 10.5 Å². The Morgan fingerprint density at radius 1 is 1.60 bits per heavy atom. The second kappa shape index (κ2) is 4.43. The minimum Gasteiger partial charge on any atom is -0.495 e. The van der Waals surface area contributed by atoms with Crippen molar-refractivity contribution in [1.29, 1.82) is 0 Å². The Hall–Kier alpha value is -1.38. The number of nitrogens with zero attached hydrogens (tertiary/aromatic N) is 1. The number of hydrogen-bond donors (Lipinski definition) is 1. The number of non-ortho nitro benzene ring substituents is 1. The molecule has 0 atom stereocenters. The van der Waals surface area contributed by atoms with Crippen molar-refractivity contribution in [2.75, 3.05) is 7.11 Å². The topological polar surface area (TPSA) is 95.5 Å². The SMILES string of the molecule is COc1c(I)cc([N+](=O)[O-])cc1C(N)=O. The summed E-state index contributed by atoms with van der Waals surface area (Å²) in [6.45, 7) is 0. The van der Waals surface area contributed by atoms with Gasteiger partial charge in [0.1, 0.15) is 5.75 Å². The predicted molar refractivity (Wildman–Crippen MR) is 60.9 cm³/mol. The van der Waals surface area contributed by atoms with Crippen molar-refractivity contribution in [3.63, 3.8) is 0 Å². The average Bonchev–Trinajstić information content (AvgIpc) is 2.16. The Morgan fingerprint density at radius 2 is 2.20 bits per heavy atom. The van der Waals surface area contributed by atoms with Crippen LogP contribution in [0.1, 0.15) is 10.4 Å². The van der Waals surface area contributed by atoms with Gasteiger partial charge in [-0.25, -0.2) is 0 Å². The van der Waals surface area contributed by atoms with E-state index in [0.717, 1.165) is 6.07 Å². The molecule has 6 nitrogen and oxygen atoms in total. The summed E-state index contributed by atoms with van der Waals surface area (Å²) >= 11 is 1.84. The van der Waals surface area contributed by atoms with Gasteiger partial charge in [0.25, 0.3) is 11.6 Å². The number of halogens is 1. The van der Waals surface area contributed by atoms with Gasteiger partial charge in [-0.3, -0.25) is 14.9 Å². The first kappa shape index (κ1) is 11.7. The largest absolute Gasteiger partial charge is 0.495 e. The Morgan fingerprint density at radius 3 is 2.60 bits per heavy atom. The summed E-state index contributed by atoms with van der Waals surface area (Å²) in [6.07, 6.45) is 0. The Labute approximate surface area is 98.7 Å². The summed E-state index contributed by atoms with van der Waals surface area (Å²) in [6, 6.07) is 2.41. The highest BCUT2D eigenvalue weighted by Crippen LogP contribution is 2.30. The summed E-state index contributed by atoms with van der Waals surface area (Å²) in [5, 5.41) is 10.5. The van der Waals surface area contributed by atoms with Crippen LogP contribution in [0.4, 0.5) is 5.69 Å². The van der Waals surface area contributed by atoms with Crippen LogP contribution in [0.25, 0.3) is 0 Å². The van der Waals surface area contributed by atoms with E-state index in [0.29, 0.717) is 3.57 Å². The fraction of sp³-hybridized carbons (Fsp3) is 0.125. The lowest BCUT2D eigenvalue weighted by atomic mass is 10.1. The molecule has 0 aliphatic carbocycles. The van der Waals surface area contributed by atoms with Gasteiger partial charge < -0.3 is 10.5 Å². The van der Waals surface area contributed by atoms with Crippen molar-refractivity contribution in [2.24, 2.45) is 5.73 Å². The van der Waals surface area contributed by atoms with Crippen LogP contribution in [-0.2, 0) is 0 Å². The molecule has 1 aromatic carbocycles. The fourth-order valence-corrected chi connectivity index (χ4v) is 1.90. The number of nitro benzene ring substituents is 1. The number of nitrogens with two attached hydrogens (primary N) is 1. The van der Waals surface area contributed by atoms with Crippen molar-refractivity contribution >= 4 is 34.2 Å². The van der Waals surface area contributed by atoms with E-state index >= 15 is 0 Å². The zero-order chi connectivity index (χ0) is 11.6. The van der Waals surface area contributed by atoms with Crippen molar-refractivity contribution in [2.45, 2.75) is 0 Å². The van der Waals surface area contributed by atoms with Gasteiger partial charge in [-0.15, -0.1) is 0 Å². The van der Waals surface area contributed by atoms with E-state index in [1.807, 2.05) is 22.6 Å². The van der Waals surface area contributed by atoms with Crippen LogP contribution in [0.5, 0.6) is 5.75 Å². The lowest BCUT2D eigenvalue weighted by Crippen LogP contribution is -2.13. The first-order chi connectivity index (χ1) is 6.97. The zero-order valence-corrected chi connectivity index (χ0v) is 9.85.